The number of aromatic nitrogens is 1. The first kappa shape index (κ1) is 19.7. The molecule has 1 amide bonds. The number of nitrogens with one attached hydrogen (secondary N) is 1. The summed E-state index contributed by atoms with van der Waals surface area (Å²) < 4.78 is 38.2. The maximum Gasteiger partial charge on any atom is 0.417 e. The molecule has 5 nitrogen and oxygen atoms in total. The second-order valence-corrected chi connectivity index (χ2v) is 7.52. The van der Waals surface area contributed by atoms with Gasteiger partial charge in [-0.05, 0) is 30.5 Å². The van der Waals surface area contributed by atoms with Crippen molar-refractivity contribution < 1.29 is 18.0 Å². The van der Waals surface area contributed by atoms with Crippen LogP contribution in [0, 0.1) is 0 Å². The molecule has 1 saturated carbocycles. The van der Waals surface area contributed by atoms with Crippen LogP contribution in [0.2, 0.25) is 0 Å². The lowest BCUT2D eigenvalue weighted by atomic mass is 10.0. The minimum absolute atomic E-state index is 0.0137. The molecule has 2 heterocycles. The molecular formula is C21H23F3N4O. The Morgan fingerprint density at radius 3 is 2.28 bits per heavy atom. The first-order chi connectivity index (χ1) is 13.9. The molecule has 1 aromatic heterocycles. The molecule has 1 aromatic carbocycles. The van der Waals surface area contributed by atoms with Gasteiger partial charge in [-0.25, -0.2) is 4.98 Å². The second-order valence-electron chi connectivity index (χ2n) is 7.52. The van der Waals surface area contributed by atoms with Crippen molar-refractivity contribution in [3.8, 4) is 0 Å². The summed E-state index contributed by atoms with van der Waals surface area (Å²) in [4.78, 5) is 21.0. The van der Waals surface area contributed by atoms with E-state index < -0.39 is 11.7 Å². The molecule has 1 N–H and O–H groups in total. The quantitative estimate of drug-likeness (QED) is 0.831. The van der Waals surface area contributed by atoms with Crippen molar-refractivity contribution in [1.29, 1.82) is 0 Å². The Balaban J connectivity index is 1.44. The van der Waals surface area contributed by atoms with Gasteiger partial charge in [-0.15, -0.1) is 0 Å². The number of piperazine rings is 1. The predicted molar refractivity (Wildman–Crippen MR) is 103 cm³/mol. The highest BCUT2D eigenvalue weighted by Crippen LogP contribution is 2.30. The molecule has 0 bridgehead atoms. The number of amides is 1. The SMILES string of the molecule is O=C(NC1CC1)[C@H](c1ccccc1)N1CCN(c2ccc(C(F)(F)F)cn2)CC1. The van der Waals surface area contributed by atoms with Crippen molar-refractivity contribution in [3.05, 3.63) is 59.8 Å². The summed E-state index contributed by atoms with van der Waals surface area (Å²) in [5, 5.41) is 3.10. The smallest absolute Gasteiger partial charge is 0.354 e. The average Bonchev–Trinajstić information content (AvgIpc) is 3.53. The molecule has 1 aliphatic carbocycles. The fraction of sp³-hybridized carbons (Fsp3) is 0.429. The first-order valence-electron chi connectivity index (χ1n) is 9.79. The number of rotatable bonds is 5. The highest BCUT2D eigenvalue weighted by molar-refractivity contribution is 5.83. The lowest BCUT2D eigenvalue weighted by molar-refractivity contribution is -0.137. The second kappa shape index (κ2) is 8.02. The van der Waals surface area contributed by atoms with Gasteiger partial charge in [-0.1, -0.05) is 30.3 Å². The summed E-state index contributed by atoms with van der Waals surface area (Å²) in [5.74, 6) is 0.538. The molecule has 2 fully saturated rings. The van der Waals surface area contributed by atoms with E-state index in [0.29, 0.717) is 32.0 Å². The van der Waals surface area contributed by atoms with E-state index in [-0.39, 0.29) is 18.0 Å². The maximum absolute atomic E-state index is 12.9. The normalized spacial score (nSPS) is 19.1. The number of nitrogens with zero attached hydrogens (tertiary/aromatic N) is 3. The van der Waals surface area contributed by atoms with Gasteiger partial charge in [-0.3, -0.25) is 9.69 Å². The third-order valence-electron chi connectivity index (χ3n) is 5.37. The van der Waals surface area contributed by atoms with Crippen molar-refractivity contribution in [2.75, 3.05) is 31.1 Å². The van der Waals surface area contributed by atoms with Gasteiger partial charge in [0.15, 0.2) is 0 Å². The molecule has 0 unspecified atom stereocenters. The monoisotopic (exact) mass is 404 g/mol. The summed E-state index contributed by atoms with van der Waals surface area (Å²) in [6, 6.07) is 12.1. The van der Waals surface area contributed by atoms with E-state index in [4.69, 9.17) is 0 Å². The number of alkyl halides is 3. The standard InChI is InChI=1S/C21H23F3N4O/c22-21(23,24)16-6-9-18(25-14-16)27-10-12-28(13-11-27)19(15-4-2-1-3-5-15)20(29)26-17-7-8-17/h1-6,9,14,17,19H,7-8,10-13H2,(H,26,29)/t19-/m0/s1. The van der Waals surface area contributed by atoms with Gasteiger partial charge in [0.25, 0.3) is 0 Å². The minimum atomic E-state index is -4.39. The summed E-state index contributed by atoms with van der Waals surface area (Å²) in [5.41, 5.74) is 0.201. The van der Waals surface area contributed by atoms with E-state index in [9.17, 15) is 18.0 Å². The lowest BCUT2D eigenvalue weighted by Gasteiger charge is -2.39. The Hall–Kier alpha value is -2.61. The van der Waals surface area contributed by atoms with E-state index in [1.807, 2.05) is 35.2 Å². The van der Waals surface area contributed by atoms with Crippen LogP contribution in [0.25, 0.3) is 0 Å². The largest absolute Gasteiger partial charge is 0.417 e. The van der Waals surface area contributed by atoms with E-state index in [0.717, 1.165) is 30.7 Å². The van der Waals surface area contributed by atoms with Crippen molar-refractivity contribution in [3.63, 3.8) is 0 Å². The fourth-order valence-corrected chi connectivity index (χ4v) is 3.62. The van der Waals surface area contributed by atoms with E-state index in [1.165, 1.54) is 6.07 Å². The summed E-state index contributed by atoms with van der Waals surface area (Å²) in [7, 11) is 0. The summed E-state index contributed by atoms with van der Waals surface area (Å²) in [6.45, 7) is 2.44. The highest BCUT2D eigenvalue weighted by atomic mass is 19.4. The molecule has 154 valence electrons. The van der Waals surface area contributed by atoms with Crippen LogP contribution in [0.1, 0.15) is 30.0 Å². The van der Waals surface area contributed by atoms with Crippen LogP contribution in [-0.4, -0.2) is 48.0 Å². The third kappa shape index (κ3) is 4.70. The number of benzene rings is 1. The molecule has 29 heavy (non-hydrogen) atoms. The average molecular weight is 404 g/mol. The molecule has 0 spiro atoms. The van der Waals surface area contributed by atoms with Gasteiger partial charge in [0.1, 0.15) is 11.9 Å². The zero-order valence-electron chi connectivity index (χ0n) is 15.9. The fourth-order valence-electron chi connectivity index (χ4n) is 3.62. The molecule has 1 saturated heterocycles. The zero-order valence-corrected chi connectivity index (χ0v) is 15.9. The van der Waals surface area contributed by atoms with E-state index >= 15 is 0 Å². The molecule has 2 aliphatic rings. The van der Waals surface area contributed by atoms with Crippen LogP contribution < -0.4 is 10.2 Å². The van der Waals surface area contributed by atoms with E-state index in [2.05, 4.69) is 15.2 Å². The molecule has 4 rings (SSSR count). The van der Waals surface area contributed by atoms with E-state index in [1.54, 1.807) is 0 Å². The number of halogens is 3. The van der Waals surface area contributed by atoms with Gasteiger partial charge in [0.05, 0.1) is 5.56 Å². The van der Waals surface area contributed by atoms with Gasteiger partial charge < -0.3 is 10.2 Å². The molecule has 1 aliphatic heterocycles. The van der Waals surface area contributed by atoms with Crippen molar-refractivity contribution in [2.24, 2.45) is 0 Å². The Morgan fingerprint density at radius 1 is 1.03 bits per heavy atom. The topological polar surface area (TPSA) is 48.5 Å². The number of carbonyl (C=O) groups is 1. The maximum atomic E-state index is 12.9. The van der Waals surface area contributed by atoms with Crippen LogP contribution in [0.5, 0.6) is 0 Å². The molecule has 1 atom stereocenters. The van der Waals surface area contributed by atoms with Crippen LogP contribution in [-0.2, 0) is 11.0 Å². The third-order valence-corrected chi connectivity index (χ3v) is 5.37. The van der Waals surface area contributed by atoms with Gasteiger partial charge in [0.2, 0.25) is 5.91 Å². The lowest BCUT2D eigenvalue weighted by Crippen LogP contribution is -2.51. The van der Waals surface area contributed by atoms with Crippen molar-refractivity contribution >= 4 is 11.7 Å². The molecular weight excluding hydrogens is 381 g/mol. The number of hydrogen-bond donors (Lipinski definition) is 1. The summed E-state index contributed by atoms with van der Waals surface area (Å²) in [6.07, 6.45) is -1.46. The van der Waals surface area contributed by atoms with Crippen LogP contribution >= 0.6 is 0 Å². The number of anilines is 1. The Bertz CT molecular complexity index is 829. The first-order valence-corrected chi connectivity index (χ1v) is 9.79. The van der Waals surface area contributed by atoms with Gasteiger partial charge in [-0.2, -0.15) is 13.2 Å². The molecule has 2 aromatic rings. The van der Waals surface area contributed by atoms with Gasteiger partial charge >= 0.3 is 6.18 Å². The Kier molecular flexibility index (Phi) is 5.45. The highest BCUT2D eigenvalue weighted by Gasteiger charge is 2.34. The number of hydrogen-bond acceptors (Lipinski definition) is 4. The number of carbonyl (C=O) groups excluding carboxylic acids is 1. The number of pyridine rings is 1. The van der Waals surface area contributed by atoms with Crippen molar-refractivity contribution in [2.45, 2.75) is 31.1 Å². The predicted octanol–water partition coefficient (Wildman–Crippen LogP) is 3.24. The molecule has 8 heteroatoms. The molecule has 0 radical (unpaired) electrons. The summed E-state index contributed by atoms with van der Waals surface area (Å²) >= 11 is 0. The Morgan fingerprint density at radius 2 is 1.72 bits per heavy atom. The van der Waals surface area contributed by atoms with Gasteiger partial charge in [0, 0.05) is 38.4 Å². The zero-order chi connectivity index (χ0) is 20.4. The van der Waals surface area contributed by atoms with Crippen LogP contribution in [0.3, 0.4) is 0 Å². The van der Waals surface area contributed by atoms with Crippen LogP contribution in [0.4, 0.5) is 19.0 Å². The van der Waals surface area contributed by atoms with Crippen molar-refractivity contribution in [1.82, 2.24) is 15.2 Å². The minimum Gasteiger partial charge on any atom is -0.354 e. The Labute approximate surface area is 167 Å². The van der Waals surface area contributed by atoms with Crippen LogP contribution in [0.15, 0.2) is 48.7 Å².